The maximum atomic E-state index is 12.4. The maximum Gasteiger partial charge on any atom is 0.410 e. The number of nitrogens with zero attached hydrogens (tertiary/aromatic N) is 3. The van der Waals surface area contributed by atoms with Crippen LogP contribution in [0.4, 0.5) is 10.6 Å². The van der Waals surface area contributed by atoms with Gasteiger partial charge in [0.2, 0.25) is 0 Å². The van der Waals surface area contributed by atoms with E-state index in [1.165, 1.54) is 6.07 Å². The van der Waals surface area contributed by atoms with Crippen molar-refractivity contribution >= 4 is 41.1 Å². The number of rotatable bonds is 2. The van der Waals surface area contributed by atoms with Gasteiger partial charge in [0, 0.05) is 19.6 Å². The highest BCUT2D eigenvalue weighted by atomic mass is 35.5. The van der Waals surface area contributed by atoms with E-state index in [4.69, 9.17) is 27.9 Å². The summed E-state index contributed by atoms with van der Waals surface area (Å²) in [7, 11) is 0. The number of hydrogen-bond acceptors (Lipinski definition) is 5. The summed E-state index contributed by atoms with van der Waals surface area (Å²) in [5.41, 5.74) is -0.975. The minimum atomic E-state index is -1.15. The molecule has 0 atom stereocenters. The van der Waals surface area contributed by atoms with Crippen LogP contribution >= 0.6 is 23.2 Å². The van der Waals surface area contributed by atoms with Gasteiger partial charge in [-0.2, -0.15) is 0 Å². The molecule has 1 saturated carbocycles. The first-order valence-corrected chi connectivity index (χ1v) is 9.13. The SMILES string of the molecule is CC(C)(C)OC(=O)N1CCN(c2nc(Cl)cc(Cl)c2C(=O)O)C2(CC2)C1. The van der Waals surface area contributed by atoms with E-state index in [-0.39, 0.29) is 33.2 Å². The Balaban J connectivity index is 1.87. The van der Waals surface area contributed by atoms with Crippen LogP contribution in [0.1, 0.15) is 44.0 Å². The fraction of sp³-hybridized carbons (Fsp3) is 0.588. The van der Waals surface area contributed by atoms with Crippen molar-refractivity contribution in [3.05, 3.63) is 21.8 Å². The molecule has 1 aromatic rings. The molecule has 1 saturated heterocycles. The van der Waals surface area contributed by atoms with Crippen molar-refractivity contribution in [1.82, 2.24) is 9.88 Å². The van der Waals surface area contributed by atoms with E-state index in [1.54, 1.807) is 4.90 Å². The molecular formula is C17H21Cl2N3O4. The Bertz CT molecular complexity index is 759. The number of hydrogen-bond donors (Lipinski definition) is 1. The lowest BCUT2D eigenvalue weighted by Crippen LogP contribution is -2.57. The molecule has 2 heterocycles. The Morgan fingerprint density at radius 3 is 2.46 bits per heavy atom. The van der Waals surface area contributed by atoms with Gasteiger partial charge in [-0.05, 0) is 39.7 Å². The highest BCUT2D eigenvalue weighted by Crippen LogP contribution is 2.47. The zero-order valence-corrected chi connectivity index (χ0v) is 16.4. The summed E-state index contributed by atoms with van der Waals surface area (Å²) in [6, 6.07) is 1.33. The quantitative estimate of drug-likeness (QED) is 0.760. The Hall–Kier alpha value is -1.73. The van der Waals surface area contributed by atoms with E-state index in [0.717, 1.165) is 12.8 Å². The molecule has 0 radical (unpaired) electrons. The Morgan fingerprint density at radius 1 is 1.27 bits per heavy atom. The number of carbonyl (C=O) groups excluding carboxylic acids is 1. The lowest BCUT2D eigenvalue weighted by atomic mass is 10.1. The van der Waals surface area contributed by atoms with Crippen LogP contribution in [0.2, 0.25) is 10.2 Å². The molecule has 0 aromatic carbocycles. The number of piperazine rings is 1. The minimum absolute atomic E-state index is 0.0536. The first-order valence-electron chi connectivity index (χ1n) is 8.37. The number of pyridine rings is 1. The molecule has 1 N–H and O–H groups in total. The summed E-state index contributed by atoms with van der Waals surface area (Å²) in [6.45, 7) is 6.76. The lowest BCUT2D eigenvalue weighted by molar-refractivity contribution is 0.0204. The van der Waals surface area contributed by atoms with Gasteiger partial charge in [-0.1, -0.05) is 23.2 Å². The second-order valence-electron chi connectivity index (χ2n) is 7.71. The summed E-state index contributed by atoms with van der Waals surface area (Å²) >= 11 is 12.1. The zero-order valence-electron chi connectivity index (χ0n) is 14.9. The molecule has 0 unspecified atom stereocenters. The average Bonchev–Trinajstić information content (AvgIpc) is 3.23. The standard InChI is InChI=1S/C17H21Cl2N3O4/c1-16(2,3)26-15(25)21-6-7-22(17(9-21)4-5-17)13-12(14(23)24)10(18)8-11(19)20-13/h8H,4-7,9H2,1-3H3,(H,23,24). The van der Waals surface area contributed by atoms with Gasteiger partial charge in [-0.15, -0.1) is 0 Å². The Labute approximate surface area is 161 Å². The number of aromatic carboxylic acids is 1. The van der Waals surface area contributed by atoms with Gasteiger partial charge < -0.3 is 19.6 Å². The van der Waals surface area contributed by atoms with Gasteiger partial charge in [-0.3, -0.25) is 0 Å². The molecule has 1 spiro atoms. The third-order valence-corrected chi connectivity index (χ3v) is 5.01. The molecule has 26 heavy (non-hydrogen) atoms. The molecule has 2 fully saturated rings. The molecule has 9 heteroatoms. The topological polar surface area (TPSA) is 83.0 Å². The third-order valence-electron chi connectivity index (χ3n) is 4.52. The molecule has 1 aliphatic carbocycles. The first kappa shape index (κ1) is 19.0. The van der Waals surface area contributed by atoms with Gasteiger partial charge in [0.15, 0.2) is 0 Å². The second kappa shape index (κ2) is 6.46. The normalized spacial score (nSPS) is 18.8. The molecule has 1 aliphatic heterocycles. The lowest BCUT2D eigenvalue weighted by Gasteiger charge is -2.43. The van der Waals surface area contributed by atoms with Crippen molar-refractivity contribution in [3.63, 3.8) is 0 Å². The van der Waals surface area contributed by atoms with Gasteiger partial charge in [0.25, 0.3) is 0 Å². The maximum absolute atomic E-state index is 12.4. The van der Waals surface area contributed by atoms with Crippen molar-refractivity contribution < 1.29 is 19.4 Å². The number of carboxylic acid groups (broad SMARTS) is 1. The molecule has 2 aliphatic rings. The number of carbonyl (C=O) groups is 2. The van der Waals surface area contributed by atoms with Crippen molar-refractivity contribution in [2.75, 3.05) is 24.5 Å². The fourth-order valence-electron chi connectivity index (χ4n) is 3.23. The fourth-order valence-corrected chi connectivity index (χ4v) is 3.74. The number of aromatic nitrogens is 1. The van der Waals surface area contributed by atoms with Crippen LogP contribution in [0.25, 0.3) is 0 Å². The number of anilines is 1. The van der Waals surface area contributed by atoms with Crippen molar-refractivity contribution in [2.45, 2.75) is 44.8 Å². The molecule has 142 valence electrons. The summed E-state index contributed by atoms with van der Waals surface area (Å²) in [4.78, 5) is 31.9. The molecule has 3 rings (SSSR count). The number of ether oxygens (including phenoxy) is 1. The van der Waals surface area contributed by atoms with Gasteiger partial charge in [0.05, 0.1) is 10.6 Å². The van der Waals surface area contributed by atoms with E-state index in [9.17, 15) is 14.7 Å². The average molecular weight is 402 g/mol. The molecular weight excluding hydrogens is 381 g/mol. The summed E-state index contributed by atoms with van der Waals surface area (Å²) in [5, 5.41) is 9.74. The van der Waals surface area contributed by atoms with E-state index >= 15 is 0 Å². The number of halogens is 2. The zero-order chi connectivity index (χ0) is 19.3. The van der Waals surface area contributed by atoms with E-state index in [0.29, 0.717) is 19.6 Å². The largest absolute Gasteiger partial charge is 0.478 e. The Morgan fingerprint density at radius 2 is 1.92 bits per heavy atom. The van der Waals surface area contributed by atoms with Crippen LogP contribution < -0.4 is 4.90 Å². The van der Waals surface area contributed by atoms with Gasteiger partial charge in [-0.25, -0.2) is 14.6 Å². The van der Waals surface area contributed by atoms with Gasteiger partial charge in [0.1, 0.15) is 22.1 Å². The van der Waals surface area contributed by atoms with E-state index in [1.807, 2.05) is 25.7 Å². The molecule has 7 nitrogen and oxygen atoms in total. The molecule has 1 aromatic heterocycles. The highest BCUT2D eigenvalue weighted by Gasteiger charge is 2.54. The van der Waals surface area contributed by atoms with Crippen LogP contribution in [-0.2, 0) is 4.74 Å². The number of carboxylic acids is 1. The van der Waals surface area contributed by atoms with Crippen molar-refractivity contribution in [3.8, 4) is 0 Å². The van der Waals surface area contributed by atoms with Crippen molar-refractivity contribution in [2.24, 2.45) is 0 Å². The number of amides is 1. The first-order chi connectivity index (χ1) is 12.0. The second-order valence-corrected chi connectivity index (χ2v) is 8.50. The summed E-state index contributed by atoms with van der Waals surface area (Å²) in [6.07, 6.45) is 1.30. The van der Waals surface area contributed by atoms with E-state index in [2.05, 4.69) is 4.98 Å². The summed E-state index contributed by atoms with van der Waals surface area (Å²) < 4.78 is 5.46. The Kier molecular flexibility index (Phi) is 4.73. The van der Waals surface area contributed by atoms with Crippen LogP contribution in [0.15, 0.2) is 6.07 Å². The third kappa shape index (κ3) is 3.69. The smallest absolute Gasteiger partial charge is 0.410 e. The minimum Gasteiger partial charge on any atom is -0.478 e. The predicted octanol–water partition coefficient (Wildman–Crippen LogP) is 3.68. The highest BCUT2D eigenvalue weighted by molar-refractivity contribution is 6.36. The van der Waals surface area contributed by atoms with Crippen LogP contribution in [-0.4, -0.2) is 57.8 Å². The van der Waals surface area contributed by atoms with Crippen molar-refractivity contribution in [1.29, 1.82) is 0 Å². The monoisotopic (exact) mass is 401 g/mol. The predicted molar refractivity (Wildman–Crippen MR) is 98.3 cm³/mol. The van der Waals surface area contributed by atoms with Crippen LogP contribution in [0, 0.1) is 0 Å². The molecule has 1 amide bonds. The van der Waals surface area contributed by atoms with Crippen LogP contribution in [0.3, 0.4) is 0 Å². The molecule has 0 bridgehead atoms. The van der Waals surface area contributed by atoms with Gasteiger partial charge >= 0.3 is 12.1 Å². The summed E-state index contributed by atoms with van der Waals surface area (Å²) in [5.74, 6) is -0.893. The van der Waals surface area contributed by atoms with E-state index < -0.39 is 11.6 Å². The van der Waals surface area contributed by atoms with Crippen LogP contribution in [0.5, 0.6) is 0 Å².